The smallest absolute Gasteiger partial charge is 0.265 e. The van der Waals surface area contributed by atoms with Gasteiger partial charge >= 0.3 is 0 Å². The molecule has 2 aromatic carbocycles. The Balaban J connectivity index is 0.945. The number of hydrogen-bond acceptors (Lipinski definition) is 6. The van der Waals surface area contributed by atoms with Gasteiger partial charge in [-0.3, -0.25) is 9.69 Å². The van der Waals surface area contributed by atoms with E-state index in [1.165, 1.54) is 24.0 Å². The topological polar surface area (TPSA) is 63.3 Å². The Hall–Kier alpha value is -3.03. The van der Waals surface area contributed by atoms with E-state index in [0.717, 1.165) is 93.6 Å². The molecule has 0 aromatic heterocycles. The number of carbonyl (C=O) groups is 1. The molecule has 3 heterocycles. The van der Waals surface area contributed by atoms with Crippen molar-refractivity contribution < 1.29 is 19.0 Å². The molecule has 0 bridgehead atoms. The van der Waals surface area contributed by atoms with Gasteiger partial charge in [-0.2, -0.15) is 0 Å². The van der Waals surface area contributed by atoms with Crippen LogP contribution in [-0.2, 0) is 17.6 Å². The SMILES string of the molecule is O=C1Nc2cc3c(cc2OC1CCCN1CCN(CC2=COc4ccccc4O2)CC1)CCCC3. The molecular weight excluding hydrogens is 442 g/mol. The summed E-state index contributed by atoms with van der Waals surface area (Å²) in [6.45, 7) is 5.73. The average molecular weight is 476 g/mol. The molecule has 7 heteroatoms. The first-order valence-corrected chi connectivity index (χ1v) is 12.9. The highest BCUT2D eigenvalue weighted by Crippen LogP contribution is 2.36. The third-order valence-corrected chi connectivity index (χ3v) is 7.46. The van der Waals surface area contributed by atoms with E-state index >= 15 is 0 Å². The molecule has 6 rings (SSSR count). The van der Waals surface area contributed by atoms with Gasteiger partial charge in [0, 0.05) is 26.2 Å². The van der Waals surface area contributed by atoms with Gasteiger partial charge in [0.15, 0.2) is 23.4 Å². The van der Waals surface area contributed by atoms with Crippen LogP contribution in [0, 0.1) is 0 Å². The highest BCUT2D eigenvalue weighted by molar-refractivity contribution is 5.97. The number of aryl methyl sites for hydroxylation is 2. The lowest BCUT2D eigenvalue weighted by molar-refractivity contribution is -0.123. The predicted molar refractivity (Wildman–Crippen MR) is 134 cm³/mol. The number of rotatable bonds is 6. The van der Waals surface area contributed by atoms with E-state index in [0.29, 0.717) is 0 Å². The minimum Gasteiger partial charge on any atom is -0.478 e. The first kappa shape index (κ1) is 22.4. The number of carbonyl (C=O) groups excluding carboxylic acids is 1. The maximum absolute atomic E-state index is 12.6. The van der Waals surface area contributed by atoms with Crippen LogP contribution >= 0.6 is 0 Å². The van der Waals surface area contributed by atoms with Crippen LogP contribution in [0.25, 0.3) is 0 Å². The van der Waals surface area contributed by atoms with Gasteiger partial charge in [0.05, 0.1) is 12.2 Å². The molecule has 35 heavy (non-hydrogen) atoms. The lowest BCUT2D eigenvalue weighted by Gasteiger charge is -2.35. The Kier molecular flexibility index (Phi) is 6.35. The molecule has 184 valence electrons. The molecule has 4 aliphatic rings. The number of benzene rings is 2. The molecule has 0 saturated carbocycles. The molecule has 0 spiro atoms. The van der Waals surface area contributed by atoms with Crippen LogP contribution in [0.5, 0.6) is 17.2 Å². The maximum atomic E-state index is 12.6. The summed E-state index contributed by atoms with van der Waals surface area (Å²) in [6, 6.07) is 12.0. The van der Waals surface area contributed by atoms with Gasteiger partial charge < -0.3 is 24.4 Å². The van der Waals surface area contributed by atoms with Crippen LogP contribution < -0.4 is 19.5 Å². The van der Waals surface area contributed by atoms with Crippen molar-refractivity contribution in [1.82, 2.24) is 9.80 Å². The third-order valence-electron chi connectivity index (χ3n) is 7.46. The fourth-order valence-corrected chi connectivity index (χ4v) is 5.46. The Morgan fingerprint density at radius 2 is 1.66 bits per heavy atom. The monoisotopic (exact) mass is 475 g/mol. The Labute approximate surface area is 206 Å². The number of hydrogen-bond donors (Lipinski definition) is 1. The van der Waals surface area contributed by atoms with Crippen molar-refractivity contribution in [3.63, 3.8) is 0 Å². The van der Waals surface area contributed by atoms with Crippen molar-refractivity contribution in [1.29, 1.82) is 0 Å². The van der Waals surface area contributed by atoms with Gasteiger partial charge in [0.2, 0.25) is 0 Å². The summed E-state index contributed by atoms with van der Waals surface area (Å²) in [5.41, 5.74) is 3.59. The summed E-state index contributed by atoms with van der Waals surface area (Å²) in [4.78, 5) is 17.5. The molecule has 1 N–H and O–H groups in total. The van der Waals surface area contributed by atoms with Gasteiger partial charge in [-0.1, -0.05) is 12.1 Å². The van der Waals surface area contributed by atoms with E-state index in [2.05, 4.69) is 27.2 Å². The molecule has 2 aromatic rings. The van der Waals surface area contributed by atoms with Crippen LogP contribution in [0.2, 0.25) is 0 Å². The second kappa shape index (κ2) is 9.91. The lowest BCUT2D eigenvalue weighted by atomic mass is 9.90. The number of nitrogens with zero attached hydrogens (tertiary/aromatic N) is 2. The highest BCUT2D eigenvalue weighted by atomic mass is 16.6. The van der Waals surface area contributed by atoms with Crippen LogP contribution in [0.15, 0.2) is 48.4 Å². The highest BCUT2D eigenvalue weighted by Gasteiger charge is 2.29. The Morgan fingerprint density at radius 3 is 2.49 bits per heavy atom. The first-order valence-electron chi connectivity index (χ1n) is 12.9. The number of para-hydroxylation sites is 2. The zero-order valence-corrected chi connectivity index (χ0v) is 20.1. The van der Waals surface area contributed by atoms with Crippen LogP contribution in [-0.4, -0.2) is 61.1 Å². The van der Waals surface area contributed by atoms with Crippen molar-refractivity contribution in [3.05, 3.63) is 59.5 Å². The van der Waals surface area contributed by atoms with Crippen molar-refractivity contribution in [2.75, 3.05) is 44.6 Å². The van der Waals surface area contributed by atoms with Crippen molar-refractivity contribution in [2.24, 2.45) is 0 Å². The van der Waals surface area contributed by atoms with Gasteiger partial charge in [0.1, 0.15) is 12.0 Å². The second-order valence-electron chi connectivity index (χ2n) is 9.93. The third kappa shape index (κ3) is 5.02. The van der Waals surface area contributed by atoms with Crippen molar-refractivity contribution in [3.8, 4) is 17.2 Å². The summed E-state index contributed by atoms with van der Waals surface area (Å²) >= 11 is 0. The average Bonchev–Trinajstić information content (AvgIpc) is 2.89. The molecule has 0 radical (unpaired) electrons. The van der Waals surface area contributed by atoms with E-state index in [-0.39, 0.29) is 5.91 Å². The van der Waals surface area contributed by atoms with Crippen LogP contribution in [0.3, 0.4) is 0 Å². The quantitative estimate of drug-likeness (QED) is 0.682. The zero-order valence-electron chi connectivity index (χ0n) is 20.1. The fraction of sp³-hybridized carbons (Fsp3) is 0.464. The summed E-state index contributed by atoms with van der Waals surface area (Å²) in [5, 5.41) is 3.09. The summed E-state index contributed by atoms with van der Waals surface area (Å²) in [7, 11) is 0. The van der Waals surface area contributed by atoms with Crippen LogP contribution in [0.1, 0.15) is 36.8 Å². The van der Waals surface area contributed by atoms with Crippen LogP contribution in [0.4, 0.5) is 5.69 Å². The molecule has 1 aliphatic carbocycles. The standard InChI is InChI=1S/C28H33N3O4/c32-28-26(35-27-17-21-7-2-1-6-20(21)16-23(27)29-28)10-5-11-30-12-14-31(15-13-30)18-22-19-33-24-8-3-4-9-25(24)34-22/h3-4,8-9,16-17,19,26H,1-2,5-7,10-15,18H2,(H,29,32). The molecule has 1 saturated heterocycles. The van der Waals surface area contributed by atoms with E-state index in [4.69, 9.17) is 14.2 Å². The summed E-state index contributed by atoms with van der Waals surface area (Å²) < 4.78 is 17.8. The van der Waals surface area contributed by atoms with Crippen molar-refractivity contribution in [2.45, 2.75) is 44.6 Å². The fourth-order valence-electron chi connectivity index (χ4n) is 5.46. The first-order chi connectivity index (χ1) is 17.2. The zero-order chi connectivity index (χ0) is 23.6. The van der Waals surface area contributed by atoms with Gasteiger partial charge in [0.25, 0.3) is 5.91 Å². The van der Waals surface area contributed by atoms with Gasteiger partial charge in [-0.25, -0.2) is 0 Å². The number of anilines is 1. The molecule has 1 fully saturated rings. The maximum Gasteiger partial charge on any atom is 0.265 e. The van der Waals surface area contributed by atoms with Gasteiger partial charge in [-0.15, -0.1) is 0 Å². The molecule has 3 aliphatic heterocycles. The summed E-state index contributed by atoms with van der Waals surface area (Å²) in [5.74, 6) is 3.22. The molecule has 1 atom stereocenters. The Morgan fingerprint density at radius 1 is 0.914 bits per heavy atom. The molecule has 1 unspecified atom stereocenters. The lowest BCUT2D eigenvalue weighted by Crippen LogP contribution is -2.47. The normalized spacial score (nSPS) is 21.9. The predicted octanol–water partition coefficient (Wildman–Crippen LogP) is 3.98. The van der Waals surface area contributed by atoms with E-state index < -0.39 is 6.10 Å². The minimum atomic E-state index is -0.399. The number of piperazine rings is 1. The number of ether oxygens (including phenoxy) is 3. The van der Waals surface area contributed by atoms with E-state index in [1.807, 2.05) is 24.3 Å². The largest absolute Gasteiger partial charge is 0.478 e. The molecular formula is C28H33N3O4. The number of nitrogens with one attached hydrogen (secondary N) is 1. The number of fused-ring (bicyclic) bond motifs is 3. The molecule has 1 amide bonds. The van der Waals surface area contributed by atoms with Gasteiger partial charge in [-0.05, 0) is 80.5 Å². The summed E-state index contributed by atoms with van der Waals surface area (Å²) in [6.07, 6.45) is 7.67. The van der Waals surface area contributed by atoms with E-state index in [1.54, 1.807) is 6.26 Å². The molecule has 7 nitrogen and oxygen atoms in total. The van der Waals surface area contributed by atoms with Crippen molar-refractivity contribution >= 4 is 11.6 Å². The number of amides is 1. The van der Waals surface area contributed by atoms with E-state index in [9.17, 15) is 4.79 Å². The minimum absolute atomic E-state index is 0.0115. The Bertz CT molecular complexity index is 1120. The second-order valence-corrected chi connectivity index (χ2v) is 9.93.